The molecule has 1 N–H and O–H groups in total. The third kappa shape index (κ3) is 2.61. The van der Waals surface area contributed by atoms with Crippen LogP contribution in [0.4, 0.5) is 4.39 Å². The van der Waals surface area contributed by atoms with Gasteiger partial charge in [0.1, 0.15) is 11.4 Å². The zero-order valence-electron chi connectivity index (χ0n) is 8.72. The molecule has 1 aromatic carbocycles. The third-order valence-corrected chi connectivity index (χ3v) is 2.73. The Kier molecular flexibility index (Phi) is 4.06. The van der Waals surface area contributed by atoms with Crippen molar-refractivity contribution in [3.63, 3.8) is 0 Å². The second-order valence-electron chi connectivity index (χ2n) is 3.42. The van der Waals surface area contributed by atoms with Crippen LogP contribution in [0.5, 0.6) is 0 Å². The Hall–Kier alpha value is -1.36. The van der Waals surface area contributed by atoms with Crippen molar-refractivity contribution in [2.24, 2.45) is 0 Å². The second kappa shape index (κ2) is 5.12. The number of rotatable bonds is 3. The molecule has 2 nitrogen and oxygen atoms in total. The van der Waals surface area contributed by atoms with Gasteiger partial charge < -0.3 is 0 Å². The highest BCUT2D eigenvalue weighted by molar-refractivity contribution is 9.10. The fraction of sp³-hybridized carbons (Fsp3) is 0.250. The molecule has 4 heteroatoms. The standard InChI is InChI=1S/C12H10BrFN2/c1-3-6-16-12(2,8-15)10-5-4-9(13)7-11(10)14/h1,4-5,7,16H,6H2,2H3. The summed E-state index contributed by atoms with van der Waals surface area (Å²) in [5, 5.41) is 11.9. The van der Waals surface area contributed by atoms with Crippen molar-refractivity contribution < 1.29 is 4.39 Å². The van der Waals surface area contributed by atoms with Gasteiger partial charge in [0.05, 0.1) is 12.6 Å². The molecule has 0 radical (unpaired) electrons. The topological polar surface area (TPSA) is 35.8 Å². The van der Waals surface area contributed by atoms with Crippen molar-refractivity contribution in [3.8, 4) is 18.4 Å². The highest BCUT2D eigenvalue weighted by atomic mass is 79.9. The Morgan fingerprint density at radius 3 is 2.81 bits per heavy atom. The van der Waals surface area contributed by atoms with Crippen LogP contribution in [0.1, 0.15) is 12.5 Å². The minimum atomic E-state index is -1.11. The summed E-state index contributed by atoms with van der Waals surface area (Å²) >= 11 is 3.16. The van der Waals surface area contributed by atoms with Gasteiger partial charge in [-0.25, -0.2) is 4.39 Å². The summed E-state index contributed by atoms with van der Waals surface area (Å²) in [5.41, 5.74) is -0.828. The van der Waals surface area contributed by atoms with Gasteiger partial charge in [0.25, 0.3) is 0 Å². The summed E-state index contributed by atoms with van der Waals surface area (Å²) in [6.45, 7) is 1.80. The van der Waals surface area contributed by atoms with E-state index in [2.05, 4.69) is 27.2 Å². The van der Waals surface area contributed by atoms with Crippen molar-refractivity contribution in [1.29, 1.82) is 5.26 Å². The van der Waals surface area contributed by atoms with Crippen LogP contribution < -0.4 is 5.32 Å². The van der Waals surface area contributed by atoms with E-state index < -0.39 is 11.4 Å². The summed E-state index contributed by atoms with van der Waals surface area (Å²) < 4.78 is 14.3. The van der Waals surface area contributed by atoms with Gasteiger partial charge in [-0.15, -0.1) is 6.42 Å². The van der Waals surface area contributed by atoms with Crippen LogP contribution in [-0.4, -0.2) is 6.54 Å². The largest absolute Gasteiger partial charge is 0.285 e. The van der Waals surface area contributed by atoms with E-state index in [4.69, 9.17) is 11.7 Å². The van der Waals surface area contributed by atoms with Crippen LogP contribution in [0.2, 0.25) is 0 Å². The number of nitrogens with zero attached hydrogens (tertiary/aromatic N) is 1. The molecule has 1 unspecified atom stereocenters. The molecule has 0 bridgehead atoms. The van der Waals surface area contributed by atoms with Gasteiger partial charge in [-0.2, -0.15) is 5.26 Å². The van der Waals surface area contributed by atoms with Gasteiger partial charge in [0.2, 0.25) is 0 Å². The normalized spacial score (nSPS) is 13.6. The number of halogens is 2. The number of nitrogens with one attached hydrogen (secondary N) is 1. The molecular formula is C12H10BrFN2. The zero-order chi connectivity index (χ0) is 12.2. The van der Waals surface area contributed by atoms with Crippen LogP contribution in [0.3, 0.4) is 0 Å². The molecule has 0 aliphatic rings. The summed E-state index contributed by atoms with van der Waals surface area (Å²) in [7, 11) is 0. The number of benzene rings is 1. The first-order valence-corrected chi connectivity index (χ1v) is 5.38. The summed E-state index contributed by atoms with van der Waals surface area (Å²) in [6.07, 6.45) is 5.11. The lowest BCUT2D eigenvalue weighted by molar-refractivity contribution is 0.465. The predicted octanol–water partition coefficient (Wildman–Crippen LogP) is 2.55. The van der Waals surface area contributed by atoms with Gasteiger partial charge in [0.15, 0.2) is 0 Å². The molecule has 0 amide bonds. The number of nitriles is 1. The Morgan fingerprint density at radius 1 is 1.62 bits per heavy atom. The first-order valence-electron chi connectivity index (χ1n) is 4.59. The SMILES string of the molecule is C#CCNC(C)(C#N)c1ccc(Br)cc1F. The Labute approximate surface area is 103 Å². The first-order chi connectivity index (χ1) is 7.53. The molecule has 0 saturated heterocycles. The lowest BCUT2D eigenvalue weighted by Crippen LogP contribution is -2.39. The summed E-state index contributed by atoms with van der Waals surface area (Å²) in [6, 6.07) is 6.60. The average Bonchev–Trinajstić information content (AvgIpc) is 2.26. The van der Waals surface area contributed by atoms with Crippen LogP contribution in [-0.2, 0) is 5.54 Å². The van der Waals surface area contributed by atoms with Crippen molar-refractivity contribution in [3.05, 3.63) is 34.1 Å². The maximum Gasteiger partial charge on any atom is 0.133 e. The predicted molar refractivity (Wildman–Crippen MR) is 63.9 cm³/mol. The van der Waals surface area contributed by atoms with E-state index in [9.17, 15) is 4.39 Å². The quantitative estimate of drug-likeness (QED) is 0.864. The first kappa shape index (κ1) is 12.7. The molecule has 0 aliphatic heterocycles. The van der Waals surface area contributed by atoms with Crippen molar-refractivity contribution in [2.45, 2.75) is 12.5 Å². The highest BCUT2D eigenvalue weighted by Gasteiger charge is 2.28. The fourth-order valence-corrected chi connectivity index (χ4v) is 1.65. The van der Waals surface area contributed by atoms with Gasteiger partial charge in [-0.1, -0.05) is 27.9 Å². The van der Waals surface area contributed by atoms with Crippen molar-refractivity contribution in [1.82, 2.24) is 5.32 Å². The number of hydrogen-bond donors (Lipinski definition) is 1. The molecule has 0 saturated carbocycles. The average molecular weight is 281 g/mol. The Bertz CT molecular complexity index is 473. The Morgan fingerprint density at radius 2 is 2.31 bits per heavy atom. The molecule has 82 valence electrons. The fourth-order valence-electron chi connectivity index (χ4n) is 1.32. The van der Waals surface area contributed by atoms with E-state index in [1.54, 1.807) is 19.1 Å². The van der Waals surface area contributed by atoms with E-state index in [0.717, 1.165) is 0 Å². The molecule has 0 aliphatic carbocycles. The van der Waals surface area contributed by atoms with E-state index in [0.29, 0.717) is 4.47 Å². The molecular weight excluding hydrogens is 271 g/mol. The summed E-state index contributed by atoms with van der Waals surface area (Å²) in [4.78, 5) is 0. The molecule has 0 fully saturated rings. The lowest BCUT2D eigenvalue weighted by atomic mass is 9.93. The molecule has 1 rings (SSSR count). The van der Waals surface area contributed by atoms with E-state index in [1.807, 2.05) is 6.07 Å². The van der Waals surface area contributed by atoms with E-state index >= 15 is 0 Å². The lowest BCUT2D eigenvalue weighted by Gasteiger charge is -2.23. The van der Waals surface area contributed by atoms with Crippen LogP contribution in [0.25, 0.3) is 0 Å². The van der Waals surface area contributed by atoms with Gasteiger partial charge >= 0.3 is 0 Å². The smallest absolute Gasteiger partial charge is 0.133 e. The zero-order valence-corrected chi connectivity index (χ0v) is 10.3. The van der Waals surface area contributed by atoms with Gasteiger partial charge in [-0.05, 0) is 19.1 Å². The van der Waals surface area contributed by atoms with Crippen molar-refractivity contribution in [2.75, 3.05) is 6.54 Å². The van der Waals surface area contributed by atoms with E-state index in [-0.39, 0.29) is 12.1 Å². The monoisotopic (exact) mass is 280 g/mol. The van der Waals surface area contributed by atoms with Crippen molar-refractivity contribution >= 4 is 15.9 Å². The van der Waals surface area contributed by atoms with Gasteiger partial charge in [0, 0.05) is 10.0 Å². The second-order valence-corrected chi connectivity index (χ2v) is 4.33. The van der Waals surface area contributed by atoms with Gasteiger partial charge in [-0.3, -0.25) is 5.32 Å². The molecule has 0 spiro atoms. The van der Waals surface area contributed by atoms with E-state index in [1.165, 1.54) is 6.07 Å². The minimum absolute atomic E-state index is 0.208. The molecule has 16 heavy (non-hydrogen) atoms. The number of terminal acetylenes is 1. The van der Waals surface area contributed by atoms with Crippen LogP contribution in [0.15, 0.2) is 22.7 Å². The molecule has 0 heterocycles. The maximum atomic E-state index is 13.7. The highest BCUT2D eigenvalue weighted by Crippen LogP contribution is 2.25. The molecule has 1 atom stereocenters. The Balaban J connectivity index is 3.14. The third-order valence-electron chi connectivity index (χ3n) is 2.24. The van der Waals surface area contributed by atoms with Crippen LogP contribution >= 0.6 is 15.9 Å². The molecule has 1 aromatic rings. The number of hydrogen-bond acceptors (Lipinski definition) is 2. The molecule has 0 aromatic heterocycles. The maximum absolute atomic E-state index is 13.7. The minimum Gasteiger partial charge on any atom is -0.285 e. The summed E-state index contributed by atoms with van der Waals surface area (Å²) in [5.74, 6) is 1.92. The van der Waals surface area contributed by atoms with Crippen LogP contribution in [0, 0.1) is 29.5 Å².